The van der Waals surface area contributed by atoms with Crippen LogP contribution < -0.4 is 5.73 Å². The summed E-state index contributed by atoms with van der Waals surface area (Å²) >= 11 is 4.95. The van der Waals surface area contributed by atoms with Gasteiger partial charge in [-0.25, -0.2) is 0 Å². The Morgan fingerprint density at radius 1 is 1.62 bits per heavy atom. The van der Waals surface area contributed by atoms with Crippen LogP contribution in [0.15, 0.2) is 6.07 Å². The first kappa shape index (κ1) is 13.1. The molecular formula is C11H20N4S. The SMILES string of the molecule is CCCN(CC(N)=S)Cc1cc(C)nn1C. The fourth-order valence-corrected chi connectivity index (χ4v) is 1.97. The highest BCUT2D eigenvalue weighted by Crippen LogP contribution is 2.06. The van der Waals surface area contributed by atoms with E-state index in [1.807, 2.05) is 18.7 Å². The van der Waals surface area contributed by atoms with E-state index in [1.165, 1.54) is 5.69 Å². The van der Waals surface area contributed by atoms with Crippen molar-refractivity contribution in [2.45, 2.75) is 26.8 Å². The molecule has 4 nitrogen and oxygen atoms in total. The van der Waals surface area contributed by atoms with E-state index in [0.29, 0.717) is 11.5 Å². The predicted octanol–water partition coefficient (Wildman–Crippen LogP) is 1.23. The van der Waals surface area contributed by atoms with Gasteiger partial charge in [0.15, 0.2) is 0 Å². The molecule has 0 fully saturated rings. The van der Waals surface area contributed by atoms with Crippen molar-refractivity contribution >= 4 is 17.2 Å². The van der Waals surface area contributed by atoms with Crippen LogP contribution in [0.25, 0.3) is 0 Å². The van der Waals surface area contributed by atoms with Crippen molar-refractivity contribution in [3.05, 3.63) is 17.5 Å². The summed E-state index contributed by atoms with van der Waals surface area (Å²) in [6.07, 6.45) is 1.10. The summed E-state index contributed by atoms with van der Waals surface area (Å²) in [6, 6.07) is 2.10. The van der Waals surface area contributed by atoms with Crippen molar-refractivity contribution in [3.63, 3.8) is 0 Å². The van der Waals surface area contributed by atoms with E-state index >= 15 is 0 Å². The van der Waals surface area contributed by atoms with Crippen molar-refractivity contribution in [2.24, 2.45) is 12.8 Å². The molecule has 0 radical (unpaired) electrons. The molecule has 16 heavy (non-hydrogen) atoms. The van der Waals surface area contributed by atoms with Crippen LogP contribution in [0.1, 0.15) is 24.7 Å². The van der Waals surface area contributed by atoms with Gasteiger partial charge in [0.05, 0.1) is 16.4 Å². The molecule has 90 valence electrons. The molecule has 0 aromatic carbocycles. The molecule has 5 heteroatoms. The van der Waals surface area contributed by atoms with Gasteiger partial charge < -0.3 is 5.73 Å². The van der Waals surface area contributed by atoms with Gasteiger partial charge in [0.1, 0.15) is 0 Å². The molecule has 1 aromatic rings. The van der Waals surface area contributed by atoms with Crippen LogP contribution in [-0.2, 0) is 13.6 Å². The number of rotatable bonds is 6. The van der Waals surface area contributed by atoms with Crippen LogP contribution in [0.3, 0.4) is 0 Å². The van der Waals surface area contributed by atoms with E-state index < -0.39 is 0 Å². The molecule has 2 N–H and O–H groups in total. The predicted molar refractivity (Wildman–Crippen MR) is 70.3 cm³/mol. The molecule has 0 aliphatic rings. The minimum absolute atomic E-state index is 0.548. The third-order valence-electron chi connectivity index (χ3n) is 2.40. The zero-order valence-corrected chi connectivity index (χ0v) is 11.0. The maximum atomic E-state index is 5.59. The smallest absolute Gasteiger partial charge is 0.0870 e. The van der Waals surface area contributed by atoms with Gasteiger partial charge in [0.2, 0.25) is 0 Å². The number of nitrogens with zero attached hydrogens (tertiary/aromatic N) is 3. The molecule has 0 saturated carbocycles. The van der Waals surface area contributed by atoms with Crippen molar-refractivity contribution < 1.29 is 0 Å². The first-order valence-corrected chi connectivity index (χ1v) is 5.94. The zero-order valence-electron chi connectivity index (χ0n) is 10.2. The average molecular weight is 240 g/mol. The number of aromatic nitrogens is 2. The second-order valence-corrected chi connectivity index (χ2v) is 4.60. The molecule has 0 bridgehead atoms. The highest BCUT2D eigenvalue weighted by atomic mass is 32.1. The van der Waals surface area contributed by atoms with E-state index in [1.54, 1.807) is 0 Å². The van der Waals surface area contributed by atoms with Crippen molar-refractivity contribution in [2.75, 3.05) is 13.1 Å². The van der Waals surface area contributed by atoms with E-state index in [9.17, 15) is 0 Å². The molecule has 1 aromatic heterocycles. The molecule has 0 amide bonds. The van der Waals surface area contributed by atoms with Gasteiger partial charge in [-0.15, -0.1) is 0 Å². The average Bonchev–Trinajstić information content (AvgIpc) is 2.44. The summed E-state index contributed by atoms with van der Waals surface area (Å²) in [7, 11) is 1.97. The maximum absolute atomic E-state index is 5.59. The van der Waals surface area contributed by atoms with E-state index in [0.717, 1.165) is 25.2 Å². The van der Waals surface area contributed by atoms with E-state index in [2.05, 4.69) is 23.0 Å². The Bertz CT molecular complexity index is 359. The first-order valence-electron chi connectivity index (χ1n) is 5.53. The minimum atomic E-state index is 0.548. The second-order valence-electron chi connectivity index (χ2n) is 4.08. The number of nitrogens with two attached hydrogens (primary N) is 1. The van der Waals surface area contributed by atoms with Gasteiger partial charge in [-0.05, 0) is 26.0 Å². The van der Waals surface area contributed by atoms with Gasteiger partial charge in [-0.3, -0.25) is 9.58 Å². The lowest BCUT2D eigenvalue weighted by Crippen LogP contribution is -2.33. The molecule has 0 atom stereocenters. The fourth-order valence-electron chi connectivity index (χ4n) is 1.79. The van der Waals surface area contributed by atoms with E-state index in [4.69, 9.17) is 18.0 Å². The Morgan fingerprint density at radius 3 is 2.75 bits per heavy atom. The van der Waals surface area contributed by atoms with E-state index in [-0.39, 0.29) is 0 Å². The Morgan fingerprint density at radius 2 is 2.31 bits per heavy atom. The monoisotopic (exact) mass is 240 g/mol. The highest BCUT2D eigenvalue weighted by Gasteiger charge is 2.09. The fraction of sp³-hybridized carbons (Fsp3) is 0.636. The summed E-state index contributed by atoms with van der Waals surface area (Å²) in [5, 5.41) is 4.33. The molecule has 1 heterocycles. The Hall–Kier alpha value is -0.940. The summed E-state index contributed by atoms with van der Waals surface area (Å²) in [6.45, 7) is 6.68. The normalized spacial score (nSPS) is 11.0. The first-order chi connectivity index (χ1) is 7.52. The zero-order chi connectivity index (χ0) is 12.1. The molecule has 0 aliphatic heterocycles. The largest absolute Gasteiger partial charge is 0.392 e. The van der Waals surface area contributed by atoms with Gasteiger partial charge >= 0.3 is 0 Å². The van der Waals surface area contributed by atoms with Crippen molar-refractivity contribution in [1.29, 1.82) is 0 Å². The number of hydrogen-bond acceptors (Lipinski definition) is 3. The third kappa shape index (κ3) is 3.90. The quantitative estimate of drug-likeness (QED) is 0.760. The van der Waals surface area contributed by atoms with Crippen molar-refractivity contribution in [3.8, 4) is 0 Å². The van der Waals surface area contributed by atoms with Crippen LogP contribution in [0.2, 0.25) is 0 Å². The van der Waals surface area contributed by atoms with Gasteiger partial charge in [-0.1, -0.05) is 19.1 Å². The Kier molecular flexibility index (Phi) is 4.89. The molecule has 0 saturated heterocycles. The summed E-state index contributed by atoms with van der Waals surface area (Å²) in [5.74, 6) is 0. The maximum Gasteiger partial charge on any atom is 0.0870 e. The molecule has 1 rings (SSSR count). The van der Waals surface area contributed by atoms with Crippen LogP contribution in [0.5, 0.6) is 0 Å². The number of aryl methyl sites for hydroxylation is 2. The molecule has 0 unspecified atom stereocenters. The van der Waals surface area contributed by atoms with Gasteiger partial charge in [0, 0.05) is 20.1 Å². The lowest BCUT2D eigenvalue weighted by Gasteiger charge is -2.20. The number of thiocarbonyl (C=S) groups is 1. The van der Waals surface area contributed by atoms with Crippen LogP contribution in [0.4, 0.5) is 0 Å². The topological polar surface area (TPSA) is 47.1 Å². The summed E-state index contributed by atoms with van der Waals surface area (Å²) in [4.78, 5) is 2.80. The van der Waals surface area contributed by atoms with Gasteiger partial charge in [-0.2, -0.15) is 5.10 Å². The summed E-state index contributed by atoms with van der Waals surface area (Å²) in [5.41, 5.74) is 7.83. The third-order valence-corrected chi connectivity index (χ3v) is 2.53. The Labute approximate surface area is 102 Å². The lowest BCUT2D eigenvalue weighted by molar-refractivity contribution is 0.296. The van der Waals surface area contributed by atoms with Crippen LogP contribution in [0, 0.1) is 6.92 Å². The van der Waals surface area contributed by atoms with Gasteiger partial charge in [0.25, 0.3) is 0 Å². The lowest BCUT2D eigenvalue weighted by atomic mass is 10.3. The van der Waals surface area contributed by atoms with Crippen LogP contribution in [-0.4, -0.2) is 32.8 Å². The molecule has 0 aliphatic carbocycles. The molecular weight excluding hydrogens is 220 g/mol. The number of hydrogen-bond donors (Lipinski definition) is 1. The van der Waals surface area contributed by atoms with Crippen molar-refractivity contribution in [1.82, 2.24) is 14.7 Å². The standard InChI is InChI=1S/C11H20N4S/c1-4-5-15(8-11(12)16)7-10-6-9(2)13-14(10)3/h6H,4-5,7-8H2,1-3H3,(H2,12,16). The summed E-state index contributed by atoms with van der Waals surface area (Å²) < 4.78 is 1.91. The Balaban J connectivity index is 2.66. The minimum Gasteiger partial charge on any atom is -0.392 e. The highest BCUT2D eigenvalue weighted by molar-refractivity contribution is 7.80. The second kappa shape index (κ2) is 5.96. The molecule has 0 spiro atoms. The van der Waals surface area contributed by atoms with Crippen LogP contribution >= 0.6 is 12.2 Å².